The summed E-state index contributed by atoms with van der Waals surface area (Å²) in [6, 6.07) is 0. The average molecular weight is 294 g/mol. The minimum Gasteiger partial charge on any atom is -0.465 e. The van der Waals surface area contributed by atoms with Crippen LogP contribution in [0.25, 0.3) is 0 Å². The van der Waals surface area contributed by atoms with Crippen LogP contribution in [-0.2, 0) is 19.1 Å². The number of hydrogen-bond acceptors (Lipinski definition) is 4. The minimum atomic E-state index is -1.23. The van der Waals surface area contributed by atoms with Crippen molar-refractivity contribution in [3.63, 3.8) is 0 Å². The number of allylic oxidation sites excluding steroid dienone is 3. The fraction of sp³-hybridized carbons (Fsp3) is 0.647. The number of carbonyl (C=O) groups excluding carboxylic acids is 2. The van der Waals surface area contributed by atoms with Crippen LogP contribution in [0, 0.1) is 5.41 Å². The van der Waals surface area contributed by atoms with Gasteiger partial charge >= 0.3 is 11.9 Å². The second kappa shape index (κ2) is 8.01. The number of carbonyl (C=O) groups is 2. The van der Waals surface area contributed by atoms with Gasteiger partial charge in [0.1, 0.15) is 0 Å². The summed E-state index contributed by atoms with van der Waals surface area (Å²) in [5.74, 6) is -0.994. The van der Waals surface area contributed by atoms with Crippen LogP contribution >= 0.6 is 0 Å². The van der Waals surface area contributed by atoms with Gasteiger partial charge in [-0.2, -0.15) is 0 Å². The van der Waals surface area contributed by atoms with Crippen molar-refractivity contribution in [1.29, 1.82) is 0 Å². The van der Waals surface area contributed by atoms with E-state index in [9.17, 15) is 9.59 Å². The second-order valence-corrected chi connectivity index (χ2v) is 5.35. The lowest BCUT2D eigenvalue weighted by molar-refractivity contribution is -0.171. The molecule has 0 N–H and O–H groups in total. The predicted molar refractivity (Wildman–Crippen MR) is 81.7 cm³/mol. The average Bonchev–Trinajstić information content (AvgIpc) is 2.78. The van der Waals surface area contributed by atoms with Gasteiger partial charge in [-0.15, -0.1) is 0 Å². The Bertz CT molecular complexity index is 416. The number of hydrogen-bond donors (Lipinski definition) is 0. The van der Waals surface area contributed by atoms with Crippen LogP contribution in [0.4, 0.5) is 0 Å². The summed E-state index contributed by atoms with van der Waals surface area (Å²) in [7, 11) is 0. The summed E-state index contributed by atoms with van der Waals surface area (Å²) in [5.41, 5.74) is 0.595. The first-order chi connectivity index (χ1) is 10.0. The van der Waals surface area contributed by atoms with Crippen molar-refractivity contribution in [2.24, 2.45) is 5.41 Å². The van der Waals surface area contributed by atoms with Gasteiger partial charge < -0.3 is 9.47 Å². The quantitative estimate of drug-likeness (QED) is 0.409. The van der Waals surface area contributed by atoms with Gasteiger partial charge in [0.2, 0.25) is 0 Å². The molecule has 1 rings (SSSR count). The summed E-state index contributed by atoms with van der Waals surface area (Å²) >= 11 is 0. The van der Waals surface area contributed by atoms with Crippen molar-refractivity contribution < 1.29 is 19.1 Å². The summed E-state index contributed by atoms with van der Waals surface area (Å²) < 4.78 is 10.2. The van der Waals surface area contributed by atoms with Gasteiger partial charge in [0.15, 0.2) is 5.41 Å². The zero-order valence-corrected chi connectivity index (χ0v) is 13.4. The zero-order valence-electron chi connectivity index (χ0n) is 13.4. The van der Waals surface area contributed by atoms with Crippen molar-refractivity contribution in [3.8, 4) is 0 Å². The van der Waals surface area contributed by atoms with Gasteiger partial charge in [-0.25, -0.2) is 0 Å². The van der Waals surface area contributed by atoms with Crippen molar-refractivity contribution in [3.05, 3.63) is 23.8 Å². The summed E-state index contributed by atoms with van der Waals surface area (Å²) in [5, 5.41) is 0. The highest BCUT2D eigenvalue weighted by Crippen LogP contribution is 2.46. The number of unbranched alkanes of at least 4 members (excludes halogenated alkanes) is 2. The molecule has 0 aliphatic heterocycles. The second-order valence-electron chi connectivity index (χ2n) is 5.35. The van der Waals surface area contributed by atoms with Crippen molar-refractivity contribution >= 4 is 11.9 Å². The Morgan fingerprint density at radius 1 is 1.14 bits per heavy atom. The highest BCUT2D eigenvalue weighted by atomic mass is 16.6. The van der Waals surface area contributed by atoms with E-state index in [0.29, 0.717) is 12.8 Å². The largest absolute Gasteiger partial charge is 0.465 e. The van der Waals surface area contributed by atoms with Gasteiger partial charge in [0.25, 0.3) is 0 Å². The van der Waals surface area contributed by atoms with Gasteiger partial charge in [-0.1, -0.05) is 38.0 Å². The maximum absolute atomic E-state index is 12.3. The summed E-state index contributed by atoms with van der Waals surface area (Å²) in [4.78, 5) is 24.6. The SMILES string of the molecule is C=C1CC(C(=O)OCC)(C(=O)OCC)C/C1=C\CCCC. The molecule has 0 spiro atoms. The van der Waals surface area contributed by atoms with Crippen LogP contribution < -0.4 is 0 Å². The molecular formula is C17H26O4. The third-order valence-electron chi connectivity index (χ3n) is 3.74. The molecule has 0 atom stereocenters. The first-order valence-electron chi connectivity index (χ1n) is 7.73. The van der Waals surface area contributed by atoms with E-state index in [2.05, 4.69) is 19.6 Å². The van der Waals surface area contributed by atoms with E-state index in [1.165, 1.54) is 0 Å². The molecule has 118 valence electrons. The van der Waals surface area contributed by atoms with E-state index in [0.717, 1.165) is 30.4 Å². The molecule has 21 heavy (non-hydrogen) atoms. The normalized spacial score (nSPS) is 18.8. The fourth-order valence-corrected chi connectivity index (χ4v) is 2.60. The Morgan fingerprint density at radius 3 is 2.19 bits per heavy atom. The lowest BCUT2D eigenvalue weighted by Gasteiger charge is -2.23. The molecule has 0 heterocycles. The van der Waals surface area contributed by atoms with Gasteiger partial charge in [-0.3, -0.25) is 9.59 Å². The molecule has 0 saturated heterocycles. The Balaban J connectivity index is 3.00. The number of esters is 2. The molecule has 1 saturated carbocycles. The third kappa shape index (κ3) is 3.96. The van der Waals surface area contributed by atoms with Crippen LogP contribution in [0.2, 0.25) is 0 Å². The van der Waals surface area contributed by atoms with Gasteiger partial charge in [0.05, 0.1) is 13.2 Å². The van der Waals surface area contributed by atoms with E-state index in [4.69, 9.17) is 9.47 Å². The Labute approximate surface area is 127 Å². The number of rotatable bonds is 7. The van der Waals surface area contributed by atoms with E-state index in [1.54, 1.807) is 13.8 Å². The predicted octanol–water partition coefficient (Wildman–Crippen LogP) is 3.57. The van der Waals surface area contributed by atoms with E-state index in [-0.39, 0.29) is 13.2 Å². The van der Waals surface area contributed by atoms with Crippen LogP contribution in [0.15, 0.2) is 23.8 Å². The third-order valence-corrected chi connectivity index (χ3v) is 3.74. The highest BCUT2D eigenvalue weighted by Gasteiger charge is 2.53. The summed E-state index contributed by atoms with van der Waals surface area (Å²) in [6.45, 7) is 10.1. The number of ether oxygens (including phenoxy) is 2. The molecule has 0 bridgehead atoms. The van der Waals surface area contributed by atoms with Crippen molar-refractivity contribution in [2.75, 3.05) is 13.2 Å². The van der Waals surface area contributed by atoms with Crippen molar-refractivity contribution in [1.82, 2.24) is 0 Å². The summed E-state index contributed by atoms with van der Waals surface area (Å²) in [6.07, 6.45) is 5.86. The molecule has 4 heteroatoms. The molecule has 0 aromatic carbocycles. The van der Waals surface area contributed by atoms with Crippen molar-refractivity contribution in [2.45, 2.75) is 52.9 Å². The van der Waals surface area contributed by atoms with Crippen LogP contribution in [0.1, 0.15) is 52.9 Å². The molecule has 1 aliphatic carbocycles. The Morgan fingerprint density at radius 2 is 1.71 bits per heavy atom. The standard InChI is InChI=1S/C17H26O4/c1-5-8-9-10-14-12-17(11-13(14)4,15(18)20-6-2)16(19)21-7-3/h10H,4-9,11-12H2,1-3H3/b14-10+. The Hall–Kier alpha value is -1.58. The lowest BCUT2D eigenvalue weighted by Crippen LogP contribution is -2.39. The lowest BCUT2D eigenvalue weighted by atomic mass is 9.85. The minimum absolute atomic E-state index is 0.251. The zero-order chi connectivity index (χ0) is 15.9. The first kappa shape index (κ1) is 17.5. The van der Waals surface area contributed by atoms with Gasteiger partial charge in [0, 0.05) is 0 Å². The fourth-order valence-electron chi connectivity index (χ4n) is 2.60. The first-order valence-corrected chi connectivity index (χ1v) is 7.73. The maximum atomic E-state index is 12.3. The van der Waals surface area contributed by atoms with E-state index >= 15 is 0 Å². The smallest absolute Gasteiger partial charge is 0.324 e. The van der Waals surface area contributed by atoms with Crippen LogP contribution in [0.3, 0.4) is 0 Å². The van der Waals surface area contributed by atoms with Crippen LogP contribution in [0.5, 0.6) is 0 Å². The molecular weight excluding hydrogens is 268 g/mol. The van der Waals surface area contributed by atoms with Crippen LogP contribution in [-0.4, -0.2) is 25.2 Å². The van der Waals surface area contributed by atoms with E-state index in [1.807, 2.05) is 0 Å². The highest BCUT2D eigenvalue weighted by molar-refractivity contribution is 6.02. The molecule has 0 radical (unpaired) electrons. The Kier molecular flexibility index (Phi) is 6.66. The molecule has 0 amide bonds. The monoisotopic (exact) mass is 294 g/mol. The molecule has 0 aromatic rings. The molecule has 0 unspecified atom stereocenters. The molecule has 1 aliphatic rings. The molecule has 1 fully saturated rings. The van der Waals surface area contributed by atoms with Gasteiger partial charge in [-0.05, 0) is 38.7 Å². The molecule has 0 aromatic heterocycles. The van der Waals surface area contributed by atoms with E-state index < -0.39 is 17.4 Å². The topological polar surface area (TPSA) is 52.6 Å². The molecule has 4 nitrogen and oxygen atoms in total. The maximum Gasteiger partial charge on any atom is 0.324 e.